The SMILES string of the molecule is CC(=O)NCCN(c1cccc(C(=O)N2CCC(NC(C)=O)(c3ccccc3)CC2)c1)c1ncnc2[nH]ccc12. The first-order valence-corrected chi connectivity index (χ1v) is 13.4. The van der Waals surface area contributed by atoms with Gasteiger partial charge < -0.3 is 25.4 Å². The molecule has 2 aromatic carbocycles. The summed E-state index contributed by atoms with van der Waals surface area (Å²) in [5.74, 6) is 0.413. The number of aromatic amines is 1. The van der Waals surface area contributed by atoms with Crippen LogP contribution in [-0.2, 0) is 15.1 Å². The minimum atomic E-state index is -0.499. The predicted molar refractivity (Wildman–Crippen MR) is 153 cm³/mol. The van der Waals surface area contributed by atoms with Gasteiger partial charge >= 0.3 is 0 Å². The molecular weight excluding hydrogens is 506 g/mol. The summed E-state index contributed by atoms with van der Waals surface area (Å²) in [4.78, 5) is 53.1. The number of rotatable bonds is 8. The molecule has 1 fully saturated rings. The molecule has 1 aliphatic rings. The van der Waals surface area contributed by atoms with Crippen molar-refractivity contribution < 1.29 is 14.4 Å². The largest absolute Gasteiger partial charge is 0.355 e. The van der Waals surface area contributed by atoms with Gasteiger partial charge in [0.05, 0.1) is 10.9 Å². The molecule has 0 spiro atoms. The van der Waals surface area contributed by atoms with Gasteiger partial charge in [-0.15, -0.1) is 0 Å². The number of anilines is 2. The second kappa shape index (κ2) is 11.6. The van der Waals surface area contributed by atoms with E-state index in [9.17, 15) is 14.4 Å². The summed E-state index contributed by atoms with van der Waals surface area (Å²) >= 11 is 0. The second-order valence-electron chi connectivity index (χ2n) is 10.0. The lowest BCUT2D eigenvalue weighted by Gasteiger charge is -2.42. The van der Waals surface area contributed by atoms with Crippen LogP contribution in [0.25, 0.3) is 11.0 Å². The first kappa shape index (κ1) is 26.9. The third-order valence-corrected chi connectivity index (χ3v) is 7.35. The summed E-state index contributed by atoms with van der Waals surface area (Å²) in [6.45, 7) is 4.90. The summed E-state index contributed by atoms with van der Waals surface area (Å²) in [7, 11) is 0. The molecule has 40 heavy (non-hydrogen) atoms. The van der Waals surface area contributed by atoms with Crippen molar-refractivity contribution in [1.29, 1.82) is 0 Å². The highest BCUT2D eigenvalue weighted by molar-refractivity contribution is 5.96. The Kier molecular flexibility index (Phi) is 7.77. The van der Waals surface area contributed by atoms with Crippen molar-refractivity contribution in [3.8, 4) is 0 Å². The van der Waals surface area contributed by atoms with E-state index in [0.717, 1.165) is 16.6 Å². The van der Waals surface area contributed by atoms with E-state index in [4.69, 9.17) is 0 Å². The maximum absolute atomic E-state index is 13.7. The minimum Gasteiger partial charge on any atom is -0.355 e. The van der Waals surface area contributed by atoms with Crippen molar-refractivity contribution in [2.75, 3.05) is 31.1 Å². The summed E-state index contributed by atoms with van der Waals surface area (Å²) in [6.07, 6.45) is 4.55. The minimum absolute atomic E-state index is 0.0670. The monoisotopic (exact) mass is 539 g/mol. The fourth-order valence-corrected chi connectivity index (χ4v) is 5.44. The van der Waals surface area contributed by atoms with E-state index in [1.54, 1.807) is 0 Å². The third kappa shape index (κ3) is 5.66. The van der Waals surface area contributed by atoms with Crippen LogP contribution in [-0.4, -0.2) is 63.8 Å². The zero-order valence-corrected chi connectivity index (χ0v) is 22.7. The van der Waals surface area contributed by atoms with E-state index < -0.39 is 5.54 Å². The number of carbonyl (C=O) groups excluding carboxylic acids is 3. The molecule has 1 aliphatic heterocycles. The lowest BCUT2D eigenvalue weighted by atomic mass is 9.80. The van der Waals surface area contributed by atoms with Gasteiger partial charge in [-0.2, -0.15) is 0 Å². The molecule has 10 nitrogen and oxygen atoms in total. The van der Waals surface area contributed by atoms with Gasteiger partial charge in [0.25, 0.3) is 5.91 Å². The molecular formula is C30H33N7O3. The van der Waals surface area contributed by atoms with Gasteiger partial charge in [-0.25, -0.2) is 9.97 Å². The molecule has 0 saturated carbocycles. The molecule has 0 aliphatic carbocycles. The van der Waals surface area contributed by atoms with Gasteiger partial charge in [-0.1, -0.05) is 36.4 Å². The number of carbonyl (C=O) groups is 3. The number of nitrogens with one attached hydrogen (secondary N) is 3. The number of nitrogens with zero attached hydrogens (tertiary/aromatic N) is 4. The van der Waals surface area contributed by atoms with Crippen molar-refractivity contribution in [1.82, 2.24) is 30.5 Å². The molecule has 206 valence electrons. The molecule has 0 bridgehead atoms. The smallest absolute Gasteiger partial charge is 0.253 e. The molecule has 1 saturated heterocycles. The van der Waals surface area contributed by atoms with Crippen LogP contribution in [0, 0.1) is 0 Å². The fraction of sp³-hybridized carbons (Fsp3) is 0.300. The van der Waals surface area contributed by atoms with Gasteiger partial charge in [0.15, 0.2) is 0 Å². The van der Waals surface area contributed by atoms with Crippen LogP contribution in [0.2, 0.25) is 0 Å². The molecule has 3 N–H and O–H groups in total. The Bertz CT molecular complexity index is 1510. The molecule has 0 unspecified atom stereocenters. The summed E-state index contributed by atoms with van der Waals surface area (Å²) in [5, 5.41) is 6.85. The number of hydrogen-bond donors (Lipinski definition) is 3. The molecule has 3 heterocycles. The predicted octanol–water partition coefficient (Wildman–Crippen LogP) is 3.50. The van der Waals surface area contributed by atoms with Gasteiger partial charge in [0.2, 0.25) is 11.8 Å². The average Bonchev–Trinajstić information content (AvgIpc) is 3.45. The first-order chi connectivity index (χ1) is 19.4. The number of hydrogen-bond acceptors (Lipinski definition) is 6. The van der Waals surface area contributed by atoms with E-state index in [1.165, 1.54) is 20.2 Å². The standard InChI is InChI=1S/C30H33N7O3/c1-21(38)31-15-18-37(28-26-11-14-32-27(26)33-20-34-28)25-10-6-7-23(19-25)29(40)36-16-12-30(13-17-36,35-22(2)39)24-8-4-3-5-9-24/h3-11,14,19-20H,12-13,15-18H2,1-2H3,(H,31,38)(H,35,39)(H,32,33,34). The number of aromatic nitrogens is 3. The Morgan fingerprint density at radius 3 is 2.48 bits per heavy atom. The van der Waals surface area contributed by atoms with Gasteiger partial charge in [-0.3, -0.25) is 14.4 Å². The Hall–Kier alpha value is -4.73. The molecule has 2 aromatic heterocycles. The normalized spacial score (nSPS) is 14.5. The molecule has 0 atom stereocenters. The Morgan fingerprint density at radius 1 is 0.975 bits per heavy atom. The van der Waals surface area contributed by atoms with Crippen LogP contribution in [0.15, 0.2) is 73.2 Å². The maximum atomic E-state index is 13.7. The molecule has 10 heteroatoms. The lowest BCUT2D eigenvalue weighted by molar-refractivity contribution is -0.121. The van der Waals surface area contributed by atoms with Crippen LogP contribution < -0.4 is 15.5 Å². The summed E-state index contributed by atoms with van der Waals surface area (Å²) < 4.78 is 0. The van der Waals surface area contributed by atoms with Crippen molar-refractivity contribution in [2.24, 2.45) is 0 Å². The maximum Gasteiger partial charge on any atom is 0.253 e. The topological polar surface area (TPSA) is 123 Å². The molecule has 0 radical (unpaired) electrons. The number of amides is 3. The van der Waals surface area contributed by atoms with Crippen molar-refractivity contribution in [3.63, 3.8) is 0 Å². The zero-order valence-electron chi connectivity index (χ0n) is 22.7. The van der Waals surface area contributed by atoms with E-state index in [1.807, 2.05) is 76.7 Å². The van der Waals surface area contributed by atoms with Crippen LogP contribution in [0.3, 0.4) is 0 Å². The zero-order chi connectivity index (χ0) is 28.1. The van der Waals surface area contributed by atoms with E-state index in [0.29, 0.717) is 56.0 Å². The van der Waals surface area contributed by atoms with Gasteiger partial charge in [-0.05, 0) is 42.7 Å². The number of likely N-dealkylation sites (tertiary alicyclic amines) is 1. The van der Waals surface area contributed by atoms with Crippen LogP contribution in [0.1, 0.15) is 42.6 Å². The number of fused-ring (bicyclic) bond motifs is 1. The second-order valence-corrected chi connectivity index (χ2v) is 10.0. The van der Waals surface area contributed by atoms with E-state index in [2.05, 4.69) is 25.6 Å². The van der Waals surface area contributed by atoms with Crippen LogP contribution in [0.4, 0.5) is 11.5 Å². The third-order valence-electron chi connectivity index (χ3n) is 7.35. The van der Waals surface area contributed by atoms with Crippen LogP contribution in [0.5, 0.6) is 0 Å². The van der Waals surface area contributed by atoms with Crippen molar-refractivity contribution in [2.45, 2.75) is 32.2 Å². The quantitative estimate of drug-likeness (QED) is 0.315. The lowest BCUT2D eigenvalue weighted by Crippen LogP contribution is -2.53. The average molecular weight is 540 g/mol. The first-order valence-electron chi connectivity index (χ1n) is 13.4. The Labute approximate surface area is 232 Å². The highest BCUT2D eigenvalue weighted by Crippen LogP contribution is 2.34. The summed E-state index contributed by atoms with van der Waals surface area (Å²) in [5.41, 5.74) is 2.60. The van der Waals surface area contributed by atoms with E-state index >= 15 is 0 Å². The van der Waals surface area contributed by atoms with Gasteiger partial charge in [0.1, 0.15) is 17.8 Å². The molecule has 3 amide bonds. The fourth-order valence-electron chi connectivity index (χ4n) is 5.44. The van der Waals surface area contributed by atoms with E-state index in [-0.39, 0.29) is 17.7 Å². The van der Waals surface area contributed by atoms with Crippen molar-refractivity contribution in [3.05, 3.63) is 84.3 Å². The van der Waals surface area contributed by atoms with Crippen LogP contribution >= 0.6 is 0 Å². The summed E-state index contributed by atoms with van der Waals surface area (Å²) in [6, 6.07) is 19.3. The number of H-pyrrole nitrogens is 1. The van der Waals surface area contributed by atoms with Gasteiger partial charge in [0, 0.05) is 57.5 Å². The molecule has 4 aromatic rings. The molecule has 5 rings (SSSR count). The highest BCUT2D eigenvalue weighted by atomic mass is 16.2. The number of benzene rings is 2. The van der Waals surface area contributed by atoms with Crippen molar-refractivity contribution >= 4 is 40.3 Å². The Balaban J connectivity index is 1.39. The Morgan fingerprint density at radius 2 is 1.75 bits per heavy atom. The number of piperidine rings is 1. The highest BCUT2D eigenvalue weighted by Gasteiger charge is 2.38.